The molecule has 2 atom stereocenters. The van der Waals surface area contributed by atoms with Gasteiger partial charge in [0.25, 0.3) is 0 Å². The van der Waals surface area contributed by atoms with Crippen molar-refractivity contribution in [3.8, 4) is 0 Å². The van der Waals surface area contributed by atoms with Crippen LogP contribution in [0.25, 0.3) is 0 Å². The van der Waals surface area contributed by atoms with Crippen molar-refractivity contribution in [2.24, 2.45) is 11.8 Å². The first-order chi connectivity index (χ1) is 13.0. The molecule has 2 aliphatic heterocycles. The van der Waals surface area contributed by atoms with Gasteiger partial charge in [0.2, 0.25) is 18.2 Å². The van der Waals surface area contributed by atoms with Crippen molar-refractivity contribution in [2.75, 3.05) is 45.9 Å². The maximum Gasteiger partial charge on any atom is 0.409 e. The SMILES string of the molecule is CCOC(=O)N1CCC(NC(=O)C2CC2C(=O)N2CCN(C=O)CC2)CC1. The lowest BCUT2D eigenvalue weighted by Gasteiger charge is -2.33. The van der Waals surface area contributed by atoms with Gasteiger partial charge < -0.3 is 24.8 Å². The van der Waals surface area contributed by atoms with E-state index in [2.05, 4.69) is 5.32 Å². The summed E-state index contributed by atoms with van der Waals surface area (Å²) in [5.41, 5.74) is 0. The molecule has 9 heteroatoms. The summed E-state index contributed by atoms with van der Waals surface area (Å²) in [7, 11) is 0. The molecular weight excluding hydrogens is 352 g/mol. The summed E-state index contributed by atoms with van der Waals surface area (Å²) in [5.74, 6) is -0.510. The Hall–Kier alpha value is -2.32. The number of rotatable bonds is 5. The second kappa shape index (κ2) is 8.58. The first-order valence-electron chi connectivity index (χ1n) is 9.73. The third-order valence-electron chi connectivity index (χ3n) is 5.59. The van der Waals surface area contributed by atoms with Crippen LogP contribution in [0.2, 0.25) is 0 Å². The van der Waals surface area contributed by atoms with Crippen LogP contribution in [0, 0.1) is 11.8 Å². The number of piperazine rings is 1. The summed E-state index contributed by atoms with van der Waals surface area (Å²) in [6.45, 7) is 5.45. The van der Waals surface area contributed by atoms with Crippen molar-refractivity contribution in [1.82, 2.24) is 20.0 Å². The Morgan fingerprint density at radius 2 is 1.67 bits per heavy atom. The first-order valence-corrected chi connectivity index (χ1v) is 9.73. The average molecular weight is 380 g/mol. The number of hydrogen-bond donors (Lipinski definition) is 1. The topological polar surface area (TPSA) is 99.3 Å². The number of piperidine rings is 1. The van der Waals surface area contributed by atoms with Crippen LogP contribution < -0.4 is 5.32 Å². The molecule has 0 aromatic rings. The van der Waals surface area contributed by atoms with Crippen molar-refractivity contribution in [2.45, 2.75) is 32.2 Å². The number of nitrogens with zero attached hydrogens (tertiary/aromatic N) is 3. The number of ether oxygens (including phenoxy) is 1. The largest absolute Gasteiger partial charge is 0.450 e. The molecule has 27 heavy (non-hydrogen) atoms. The smallest absolute Gasteiger partial charge is 0.409 e. The van der Waals surface area contributed by atoms with Crippen LogP contribution in [0.4, 0.5) is 4.79 Å². The molecule has 0 spiro atoms. The molecule has 0 radical (unpaired) electrons. The normalized spacial score (nSPS) is 25.7. The van der Waals surface area contributed by atoms with Crippen LogP contribution in [-0.2, 0) is 19.1 Å². The van der Waals surface area contributed by atoms with Gasteiger partial charge in [-0.15, -0.1) is 0 Å². The Bertz CT molecular complexity index is 582. The quantitative estimate of drug-likeness (QED) is 0.658. The summed E-state index contributed by atoms with van der Waals surface area (Å²) >= 11 is 0. The van der Waals surface area contributed by atoms with Gasteiger partial charge >= 0.3 is 6.09 Å². The Morgan fingerprint density at radius 3 is 2.26 bits per heavy atom. The molecule has 0 aromatic heterocycles. The lowest BCUT2D eigenvalue weighted by molar-refractivity contribution is -0.137. The zero-order chi connectivity index (χ0) is 19.4. The molecule has 9 nitrogen and oxygen atoms in total. The van der Waals surface area contributed by atoms with E-state index in [-0.39, 0.29) is 35.8 Å². The van der Waals surface area contributed by atoms with E-state index in [1.54, 1.807) is 21.6 Å². The van der Waals surface area contributed by atoms with Gasteiger partial charge in [0.1, 0.15) is 0 Å². The van der Waals surface area contributed by atoms with Crippen molar-refractivity contribution >= 4 is 24.3 Å². The summed E-state index contributed by atoms with van der Waals surface area (Å²) in [5, 5.41) is 3.03. The maximum atomic E-state index is 12.5. The highest BCUT2D eigenvalue weighted by atomic mass is 16.6. The van der Waals surface area contributed by atoms with Crippen molar-refractivity contribution in [3.63, 3.8) is 0 Å². The number of amides is 4. The van der Waals surface area contributed by atoms with E-state index in [1.165, 1.54) is 0 Å². The number of hydrogen-bond acceptors (Lipinski definition) is 5. The molecule has 3 fully saturated rings. The molecule has 4 amide bonds. The fourth-order valence-electron chi connectivity index (χ4n) is 3.77. The Balaban J connectivity index is 1.39. The van der Waals surface area contributed by atoms with Crippen LogP contribution in [0.3, 0.4) is 0 Å². The predicted octanol–water partition coefficient (Wildman–Crippen LogP) is -0.340. The van der Waals surface area contributed by atoms with E-state index in [9.17, 15) is 19.2 Å². The van der Waals surface area contributed by atoms with Crippen LogP contribution >= 0.6 is 0 Å². The molecule has 1 N–H and O–H groups in total. The monoisotopic (exact) mass is 380 g/mol. The van der Waals surface area contributed by atoms with Gasteiger partial charge in [0, 0.05) is 45.3 Å². The van der Waals surface area contributed by atoms with E-state index in [0.717, 1.165) is 6.41 Å². The van der Waals surface area contributed by atoms with Gasteiger partial charge in [-0.25, -0.2) is 4.79 Å². The Labute approximate surface area is 159 Å². The molecule has 1 saturated carbocycles. The van der Waals surface area contributed by atoms with Crippen LogP contribution in [0.15, 0.2) is 0 Å². The van der Waals surface area contributed by atoms with Gasteiger partial charge in [0.05, 0.1) is 18.4 Å². The molecule has 0 aromatic carbocycles. The lowest BCUT2D eigenvalue weighted by Crippen LogP contribution is -2.49. The zero-order valence-electron chi connectivity index (χ0n) is 15.8. The van der Waals surface area contributed by atoms with Crippen LogP contribution in [-0.4, -0.2) is 90.9 Å². The molecule has 3 aliphatic rings. The number of likely N-dealkylation sites (tertiary alicyclic amines) is 1. The van der Waals surface area contributed by atoms with Gasteiger partial charge in [-0.3, -0.25) is 14.4 Å². The molecule has 3 rings (SSSR count). The molecule has 2 unspecified atom stereocenters. The highest BCUT2D eigenvalue weighted by molar-refractivity contribution is 5.92. The molecule has 150 valence electrons. The maximum absolute atomic E-state index is 12.5. The molecule has 2 heterocycles. The lowest BCUT2D eigenvalue weighted by atomic mass is 10.0. The Kier molecular flexibility index (Phi) is 6.18. The molecular formula is C18H28N4O5. The fourth-order valence-corrected chi connectivity index (χ4v) is 3.77. The third-order valence-corrected chi connectivity index (χ3v) is 5.59. The summed E-state index contributed by atoms with van der Waals surface area (Å²) in [4.78, 5) is 52.5. The van der Waals surface area contributed by atoms with Crippen molar-refractivity contribution in [3.05, 3.63) is 0 Å². The third kappa shape index (κ3) is 4.70. The highest BCUT2D eigenvalue weighted by Gasteiger charge is 2.50. The fraction of sp³-hybridized carbons (Fsp3) is 0.778. The number of carbonyl (C=O) groups excluding carboxylic acids is 4. The van der Waals surface area contributed by atoms with E-state index in [1.807, 2.05) is 0 Å². The molecule has 1 aliphatic carbocycles. The summed E-state index contributed by atoms with van der Waals surface area (Å²) < 4.78 is 4.99. The van der Waals surface area contributed by atoms with Gasteiger partial charge in [-0.1, -0.05) is 0 Å². The standard InChI is InChI=1S/C18H28N4O5/c1-2-27-18(26)22-5-3-13(4-6-22)19-16(24)14-11-15(14)17(25)21-9-7-20(12-23)8-10-21/h12-15H,2-11H2,1H3,(H,19,24). The van der Waals surface area contributed by atoms with Crippen molar-refractivity contribution < 1.29 is 23.9 Å². The first kappa shape index (κ1) is 19.4. The van der Waals surface area contributed by atoms with Crippen LogP contribution in [0.5, 0.6) is 0 Å². The zero-order valence-corrected chi connectivity index (χ0v) is 15.8. The minimum Gasteiger partial charge on any atom is -0.450 e. The van der Waals surface area contributed by atoms with E-state index in [0.29, 0.717) is 65.1 Å². The number of nitrogens with one attached hydrogen (secondary N) is 1. The Morgan fingerprint density at radius 1 is 1.00 bits per heavy atom. The van der Waals surface area contributed by atoms with E-state index >= 15 is 0 Å². The van der Waals surface area contributed by atoms with E-state index < -0.39 is 0 Å². The highest BCUT2D eigenvalue weighted by Crippen LogP contribution is 2.40. The van der Waals surface area contributed by atoms with Gasteiger partial charge in [0.15, 0.2) is 0 Å². The van der Waals surface area contributed by atoms with Gasteiger partial charge in [-0.2, -0.15) is 0 Å². The summed E-state index contributed by atoms with van der Waals surface area (Å²) in [6, 6.07) is 0.0377. The summed E-state index contributed by atoms with van der Waals surface area (Å²) in [6.07, 6.45) is 2.50. The second-order valence-electron chi connectivity index (χ2n) is 7.38. The minimum atomic E-state index is -0.301. The average Bonchev–Trinajstić information content (AvgIpc) is 3.49. The minimum absolute atomic E-state index is 0.0258. The second-order valence-corrected chi connectivity index (χ2v) is 7.38. The van der Waals surface area contributed by atoms with Gasteiger partial charge in [-0.05, 0) is 26.2 Å². The van der Waals surface area contributed by atoms with Crippen LogP contribution in [0.1, 0.15) is 26.2 Å². The number of carbonyl (C=O) groups is 4. The molecule has 0 bridgehead atoms. The van der Waals surface area contributed by atoms with Crippen molar-refractivity contribution in [1.29, 1.82) is 0 Å². The molecule has 2 saturated heterocycles. The predicted molar refractivity (Wildman–Crippen MR) is 95.6 cm³/mol. The van der Waals surface area contributed by atoms with E-state index in [4.69, 9.17) is 4.74 Å².